The first-order valence-electron chi connectivity index (χ1n) is 5.13. The third-order valence-corrected chi connectivity index (χ3v) is 1.79. The number of aliphatic hydroxyl groups is 1. The molecule has 0 saturated carbocycles. The summed E-state index contributed by atoms with van der Waals surface area (Å²) in [5.41, 5.74) is 0. The fraction of sp³-hybridized carbons (Fsp3) is 0.667. The molecule has 0 aliphatic carbocycles. The molecule has 0 aromatic carbocycles. The zero-order chi connectivity index (χ0) is 12.9. The molecule has 0 radical (unpaired) electrons. The Hall–Kier alpha value is -1.83. The van der Waals surface area contributed by atoms with Crippen molar-refractivity contribution in [3.05, 3.63) is 0 Å². The van der Waals surface area contributed by atoms with E-state index >= 15 is 0 Å². The van der Waals surface area contributed by atoms with Gasteiger partial charge in [0.2, 0.25) is 12.8 Å². The lowest BCUT2D eigenvalue weighted by atomic mass is 10.5. The van der Waals surface area contributed by atoms with E-state index < -0.39 is 6.09 Å². The van der Waals surface area contributed by atoms with E-state index in [9.17, 15) is 14.4 Å². The van der Waals surface area contributed by atoms with Crippen LogP contribution in [0.3, 0.4) is 0 Å². The second-order valence-electron chi connectivity index (χ2n) is 2.97. The van der Waals surface area contributed by atoms with Crippen LogP contribution in [0.1, 0.15) is 0 Å². The lowest BCUT2D eigenvalue weighted by Gasteiger charge is -2.21. The van der Waals surface area contributed by atoms with Gasteiger partial charge in [-0.3, -0.25) is 9.59 Å². The molecule has 0 aromatic rings. The highest BCUT2D eigenvalue weighted by molar-refractivity contribution is 5.67. The quantitative estimate of drug-likeness (QED) is 0.303. The van der Waals surface area contributed by atoms with Crippen molar-refractivity contribution in [2.75, 3.05) is 39.4 Å². The van der Waals surface area contributed by atoms with Gasteiger partial charge >= 0.3 is 6.09 Å². The molecule has 98 valence electrons. The van der Waals surface area contributed by atoms with Crippen LogP contribution in [-0.4, -0.2) is 68.3 Å². The van der Waals surface area contributed by atoms with E-state index in [1.54, 1.807) is 0 Å². The normalized spacial score (nSPS) is 9.24. The van der Waals surface area contributed by atoms with Crippen LogP contribution < -0.4 is 10.6 Å². The fourth-order valence-electron chi connectivity index (χ4n) is 1.04. The fourth-order valence-corrected chi connectivity index (χ4v) is 1.04. The summed E-state index contributed by atoms with van der Waals surface area (Å²) in [5.74, 6) is 0. The van der Waals surface area contributed by atoms with E-state index in [-0.39, 0.29) is 26.3 Å². The molecular formula is C9H17N3O5. The topological polar surface area (TPSA) is 108 Å². The molecule has 0 rings (SSSR count). The van der Waals surface area contributed by atoms with E-state index in [1.807, 2.05) is 0 Å². The molecule has 0 saturated heterocycles. The van der Waals surface area contributed by atoms with Crippen molar-refractivity contribution in [3.63, 3.8) is 0 Å². The zero-order valence-electron chi connectivity index (χ0n) is 9.42. The summed E-state index contributed by atoms with van der Waals surface area (Å²) in [6, 6.07) is 0. The molecule has 0 atom stereocenters. The Morgan fingerprint density at radius 2 is 1.71 bits per heavy atom. The molecule has 0 spiro atoms. The average molecular weight is 247 g/mol. The van der Waals surface area contributed by atoms with Crippen molar-refractivity contribution in [2.24, 2.45) is 0 Å². The van der Waals surface area contributed by atoms with Gasteiger partial charge in [-0.25, -0.2) is 4.79 Å². The van der Waals surface area contributed by atoms with Crippen molar-refractivity contribution < 1.29 is 24.2 Å². The molecule has 0 aliphatic rings. The van der Waals surface area contributed by atoms with Crippen LogP contribution in [0, 0.1) is 0 Å². The predicted molar refractivity (Wildman–Crippen MR) is 58.1 cm³/mol. The molecule has 0 aliphatic heterocycles. The molecule has 8 heteroatoms. The second kappa shape index (κ2) is 10.7. The van der Waals surface area contributed by atoms with Crippen LogP contribution >= 0.6 is 0 Å². The minimum absolute atomic E-state index is 0.0858. The second-order valence-corrected chi connectivity index (χ2v) is 2.97. The number of ether oxygens (including phenoxy) is 1. The van der Waals surface area contributed by atoms with Crippen LogP contribution in [-0.2, 0) is 14.3 Å². The number of rotatable bonds is 10. The average Bonchev–Trinajstić information content (AvgIpc) is 2.34. The predicted octanol–water partition coefficient (Wildman–Crippen LogP) is -2.09. The molecule has 0 unspecified atom stereocenters. The minimum atomic E-state index is -0.598. The van der Waals surface area contributed by atoms with Crippen LogP contribution in [0.5, 0.6) is 0 Å². The highest BCUT2D eigenvalue weighted by Crippen LogP contribution is 1.92. The highest BCUT2D eigenvalue weighted by atomic mass is 16.6. The smallest absolute Gasteiger partial charge is 0.409 e. The number of carbonyl (C=O) groups is 3. The van der Waals surface area contributed by atoms with Crippen LogP contribution in [0.4, 0.5) is 4.79 Å². The Balaban J connectivity index is 4.02. The number of amides is 3. The SMILES string of the molecule is O=CNCCN(CCNC=O)C(=O)OCCO. The van der Waals surface area contributed by atoms with Crippen LogP contribution in [0.25, 0.3) is 0 Å². The van der Waals surface area contributed by atoms with Crippen LogP contribution in [0.2, 0.25) is 0 Å². The maximum absolute atomic E-state index is 11.5. The first-order valence-corrected chi connectivity index (χ1v) is 5.13. The first-order chi connectivity index (χ1) is 8.26. The van der Waals surface area contributed by atoms with E-state index in [4.69, 9.17) is 9.84 Å². The molecule has 3 N–H and O–H groups in total. The Kier molecular flexibility index (Phi) is 9.53. The number of nitrogens with one attached hydrogen (secondary N) is 2. The third-order valence-electron chi connectivity index (χ3n) is 1.79. The summed E-state index contributed by atoms with van der Waals surface area (Å²) in [5, 5.41) is 13.3. The summed E-state index contributed by atoms with van der Waals surface area (Å²) >= 11 is 0. The standard InChI is InChI=1S/C9H17N3O5/c13-5-6-17-9(16)12(3-1-10-7-14)4-2-11-8-15/h7-8,13H,1-6H2,(H,10,14)(H,11,15). The molecule has 0 aromatic heterocycles. The van der Waals surface area contributed by atoms with E-state index in [1.165, 1.54) is 4.90 Å². The first kappa shape index (κ1) is 15.2. The summed E-state index contributed by atoms with van der Waals surface area (Å²) in [4.78, 5) is 32.9. The van der Waals surface area contributed by atoms with Crippen molar-refractivity contribution in [3.8, 4) is 0 Å². The molecule has 17 heavy (non-hydrogen) atoms. The molecule has 0 bridgehead atoms. The van der Waals surface area contributed by atoms with E-state index in [2.05, 4.69) is 10.6 Å². The van der Waals surface area contributed by atoms with Crippen molar-refractivity contribution in [1.82, 2.24) is 15.5 Å². The molecule has 0 heterocycles. The van der Waals surface area contributed by atoms with Gasteiger partial charge in [-0.15, -0.1) is 0 Å². The number of hydrogen-bond acceptors (Lipinski definition) is 5. The molecule has 8 nitrogen and oxygen atoms in total. The van der Waals surface area contributed by atoms with Gasteiger partial charge in [0, 0.05) is 26.2 Å². The highest BCUT2D eigenvalue weighted by Gasteiger charge is 2.13. The van der Waals surface area contributed by atoms with Gasteiger partial charge in [-0.2, -0.15) is 0 Å². The summed E-state index contributed by atoms with van der Waals surface area (Å²) < 4.78 is 4.72. The monoisotopic (exact) mass is 247 g/mol. The number of nitrogens with zero attached hydrogens (tertiary/aromatic N) is 1. The van der Waals surface area contributed by atoms with E-state index in [0.29, 0.717) is 25.9 Å². The Morgan fingerprint density at radius 3 is 2.12 bits per heavy atom. The van der Waals surface area contributed by atoms with Crippen molar-refractivity contribution in [1.29, 1.82) is 0 Å². The van der Waals surface area contributed by atoms with Gasteiger partial charge in [-0.05, 0) is 0 Å². The van der Waals surface area contributed by atoms with E-state index in [0.717, 1.165) is 0 Å². The summed E-state index contributed by atoms with van der Waals surface area (Å²) in [7, 11) is 0. The number of hydrogen-bond donors (Lipinski definition) is 3. The van der Waals surface area contributed by atoms with Crippen molar-refractivity contribution >= 4 is 18.9 Å². The largest absolute Gasteiger partial charge is 0.447 e. The molecule has 0 fully saturated rings. The van der Waals surface area contributed by atoms with Gasteiger partial charge in [0.15, 0.2) is 0 Å². The molecule has 3 amide bonds. The lowest BCUT2D eigenvalue weighted by Crippen LogP contribution is -2.41. The zero-order valence-corrected chi connectivity index (χ0v) is 9.42. The Labute approximate surface area is 98.9 Å². The lowest BCUT2D eigenvalue weighted by molar-refractivity contribution is -0.110. The maximum atomic E-state index is 11.5. The Bertz CT molecular complexity index is 223. The molecular weight excluding hydrogens is 230 g/mol. The number of aliphatic hydroxyl groups excluding tert-OH is 1. The van der Waals surface area contributed by atoms with Gasteiger partial charge < -0.3 is 25.4 Å². The van der Waals surface area contributed by atoms with Gasteiger partial charge in [0.05, 0.1) is 6.61 Å². The van der Waals surface area contributed by atoms with Crippen molar-refractivity contribution in [2.45, 2.75) is 0 Å². The van der Waals surface area contributed by atoms with Gasteiger partial charge in [-0.1, -0.05) is 0 Å². The number of carbonyl (C=O) groups excluding carboxylic acids is 3. The van der Waals surface area contributed by atoms with Crippen LogP contribution in [0.15, 0.2) is 0 Å². The summed E-state index contributed by atoms with van der Waals surface area (Å²) in [6.45, 7) is 0.779. The van der Waals surface area contributed by atoms with Gasteiger partial charge in [0.1, 0.15) is 6.61 Å². The minimum Gasteiger partial charge on any atom is -0.447 e. The Morgan fingerprint density at radius 1 is 1.18 bits per heavy atom. The maximum Gasteiger partial charge on any atom is 0.409 e. The summed E-state index contributed by atoms with van der Waals surface area (Å²) in [6.07, 6.45) is 0.460. The van der Waals surface area contributed by atoms with Gasteiger partial charge in [0.25, 0.3) is 0 Å². The third kappa shape index (κ3) is 8.03.